The molecule has 2 aromatic rings. The standard InChI is InChI=1S/C15H17N3O4S/c1-18(15-7-6-12(8-17-15)23(16,19)20)9-11-10-21-13-4-2-3-5-14(13)22-11/h2-8,11H,9-10H2,1H3,(H2,16,19,20)/t11-/m0/s1. The predicted molar refractivity (Wildman–Crippen MR) is 85.2 cm³/mol. The second kappa shape index (κ2) is 6.05. The van der Waals surface area contributed by atoms with E-state index in [4.69, 9.17) is 14.6 Å². The van der Waals surface area contributed by atoms with Crippen molar-refractivity contribution in [1.29, 1.82) is 0 Å². The second-order valence-electron chi connectivity index (χ2n) is 5.28. The number of pyridine rings is 1. The molecule has 1 atom stereocenters. The van der Waals surface area contributed by atoms with E-state index in [9.17, 15) is 8.42 Å². The molecule has 0 unspecified atom stereocenters. The summed E-state index contributed by atoms with van der Waals surface area (Å²) in [6.07, 6.45) is 1.10. The van der Waals surface area contributed by atoms with Gasteiger partial charge < -0.3 is 14.4 Å². The van der Waals surface area contributed by atoms with E-state index < -0.39 is 10.0 Å². The van der Waals surface area contributed by atoms with E-state index in [-0.39, 0.29) is 11.0 Å². The largest absolute Gasteiger partial charge is 0.486 e. The number of anilines is 1. The van der Waals surface area contributed by atoms with E-state index in [2.05, 4.69) is 4.98 Å². The summed E-state index contributed by atoms with van der Waals surface area (Å²) in [5.74, 6) is 2.08. The summed E-state index contributed by atoms with van der Waals surface area (Å²) < 4.78 is 34.0. The van der Waals surface area contributed by atoms with Gasteiger partial charge in [-0.25, -0.2) is 18.5 Å². The van der Waals surface area contributed by atoms with Crippen molar-refractivity contribution in [2.75, 3.05) is 25.1 Å². The molecule has 1 aliphatic heterocycles. The van der Waals surface area contributed by atoms with Crippen LogP contribution in [0.1, 0.15) is 0 Å². The van der Waals surface area contributed by atoms with Crippen molar-refractivity contribution in [2.45, 2.75) is 11.0 Å². The maximum absolute atomic E-state index is 11.2. The highest BCUT2D eigenvalue weighted by Gasteiger charge is 2.22. The monoisotopic (exact) mass is 335 g/mol. The third-order valence-corrected chi connectivity index (χ3v) is 4.38. The third kappa shape index (κ3) is 3.54. The summed E-state index contributed by atoms with van der Waals surface area (Å²) >= 11 is 0. The van der Waals surface area contributed by atoms with Crippen LogP contribution in [0.25, 0.3) is 0 Å². The van der Waals surface area contributed by atoms with E-state index in [1.165, 1.54) is 12.3 Å². The number of hydrogen-bond acceptors (Lipinski definition) is 6. The predicted octanol–water partition coefficient (Wildman–Crippen LogP) is 1.01. The molecule has 122 valence electrons. The van der Waals surface area contributed by atoms with Crippen LogP contribution in [0.4, 0.5) is 5.82 Å². The number of nitrogens with two attached hydrogens (primary N) is 1. The number of primary sulfonamides is 1. The number of likely N-dealkylation sites (N-methyl/N-ethyl adjacent to an activating group) is 1. The van der Waals surface area contributed by atoms with Gasteiger partial charge >= 0.3 is 0 Å². The highest BCUT2D eigenvalue weighted by Crippen LogP contribution is 2.31. The highest BCUT2D eigenvalue weighted by atomic mass is 32.2. The number of rotatable bonds is 4. The fourth-order valence-electron chi connectivity index (χ4n) is 2.32. The summed E-state index contributed by atoms with van der Waals surface area (Å²) in [5, 5.41) is 5.06. The van der Waals surface area contributed by atoms with Crippen LogP contribution in [0, 0.1) is 0 Å². The van der Waals surface area contributed by atoms with Gasteiger partial charge in [0.2, 0.25) is 10.0 Å². The Labute approximate surface area is 134 Å². The maximum Gasteiger partial charge on any atom is 0.239 e. The number of para-hydroxylation sites is 2. The number of fused-ring (bicyclic) bond motifs is 1. The van der Waals surface area contributed by atoms with Crippen LogP contribution >= 0.6 is 0 Å². The fourth-order valence-corrected chi connectivity index (χ4v) is 2.78. The molecule has 1 aliphatic rings. The molecule has 0 spiro atoms. The zero-order valence-electron chi connectivity index (χ0n) is 12.5. The van der Waals surface area contributed by atoms with E-state index >= 15 is 0 Å². The molecule has 0 radical (unpaired) electrons. The molecule has 1 aromatic heterocycles. The van der Waals surface area contributed by atoms with Gasteiger partial charge in [-0.3, -0.25) is 0 Å². The second-order valence-corrected chi connectivity index (χ2v) is 6.84. The zero-order valence-corrected chi connectivity index (χ0v) is 13.4. The number of benzene rings is 1. The Morgan fingerprint density at radius 2 is 2.00 bits per heavy atom. The van der Waals surface area contributed by atoms with Crippen molar-refractivity contribution < 1.29 is 17.9 Å². The van der Waals surface area contributed by atoms with Gasteiger partial charge in [0, 0.05) is 13.2 Å². The first kappa shape index (κ1) is 15.6. The van der Waals surface area contributed by atoms with Crippen molar-refractivity contribution in [1.82, 2.24) is 4.98 Å². The van der Waals surface area contributed by atoms with Crippen LogP contribution in [-0.2, 0) is 10.0 Å². The Hall–Kier alpha value is -2.32. The van der Waals surface area contributed by atoms with Gasteiger partial charge in [0.15, 0.2) is 17.6 Å². The lowest BCUT2D eigenvalue weighted by Gasteiger charge is -2.30. The Balaban J connectivity index is 1.67. The van der Waals surface area contributed by atoms with E-state index in [0.29, 0.717) is 19.0 Å². The molecule has 8 heteroatoms. The highest BCUT2D eigenvalue weighted by molar-refractivity contribution is 7.89. The molecule has 7 nitrogen and oxygen atoms in total. The number of hydrogen-bond donors (Lipinski definition) is 1. The molecule has 0 bridgehead atoms. The first-order valence-electron chi connectivity index (χ1n) is 7.02. The van der Waals surface area contributed by atoms with Crippen molar-refractivity contribution >= 4 is 15.8 Å². The van der Waals surface area contributed by atoms with Crippen LogP contribution in [0.5, 0.6) is 11.5 Å². The van der Waals surface area contributed by atoms with Gasteiger partial charge in [-0.15, -0.1) is 0 Å². The molecule has 23 heavy (non-hydrogen) atoms. The zero-order chi connectivity index (χ0) is 16.4. The maximum atomic E-state index is 11.2. The third-order valence-electron chi connectivity index (χ3n) is 3.49. The molecule has 0 saturated heterocycles. The molecule has 0 amide bonds. The number of nitrogens with zero attached hydrogens (tertiary/aromatic N) is 2. The molecule has 0 saturated carbocycles. The van der Waals surface area contributed by atoms with Crippen molar-refractivity contribution in [3.05, 3.63) is 42.6 Å². The smallest absolute Gasteiger partial charge is 0.239 e. The van der Waals surface area contributed by atoms with Crippen molar-refractivity contribution in [3.63, 3.8) is 0 Å². The first-order valence-corrected chi connectivity index (χ1v) is 8.56. The molecule has 0 fully saturated rings. The van der Waals surface area contributed by atoms with E-state index in [1.54, 1.807) is 6.07 Å². The Kier molecular flexibility index (Phi) is 4.10. The quantitative estimate of drug-likeness (QED) is 0.896. The lowest BCUT2D eigenvalue weighted by atomic mass is 10.2. The minimum Gasteiger partial charge on any atom is -0.486 e. The average Bonchev–Trinajstić information content (AvgIpc) is 2.54. The summed E-state index contributed by atoms with van der Waals surface area (Å²) in [6, 6.07) is 10.6. The molecule has 2 N–H and O–H groups in total. The minimum absolute atomic E-state index is 0.0131. The lowest BCUT2D eigenvalue weighted by Crippen LogP contribution is -2.39. The minimum atomic E-state index is -3.73. The van der Waals surface area contributed by atoms with Crippen LogP contribution in [0.3, 0.4) is 0 Å². The summed E-state index contributed by atoms with van der Waals surface area (Å²) in [4.78, 5) is 5.98. The molecule has 2 heterocycles. The number of aromatic nitrogens is 1. The van der Waals surface area contributed by atoms with Gasteiger partial charge in [0.25, 0.3) is 0 Å². The first-order chi connectivity index (χ1) is 10.9. The van der Waals surface area contributed by atoms with Crippen LogP contribution in [0.2, 0.25) is 0 Å². The van der Waals surface area contributed by atoms with E-state index in [1.807, 2.05) is 36.2 Å². The molecule has 0 aliphatic carbocycles. The summed E-state index contributed by atoms with van der Waals surface area (Å²) in [5.41, 5.74) is 0. The van der Waals surface area contributed by atoms with E-state index in [0.717, 1.165) is 11.5 Å². The molecular formula is C15H17N3O4S. The molecule has 3 rings (SSSR count). The molecule has 1 aromatic carbocycles. The van der Waals surface area contributed by atoms with Crippen molar-refractivity contribution in [3.8, 4) is 11.5 Å². The van der Waals surface area contributed by atoms with Gasteiger partial charge in [0.05, 0.1) is 6.54 Å². The van der Waals surface area contributed by atoms with Gasteiger partial charge in [0.1, 0.15) is 17.3 Å². The average molecular weight is 335 g/mol. The topological polar surface area (TPSA) is 94.7 Å². The van der Waals surface area contributed by atoms with Crippen LogP contribution in [-0.4, -0.2) is 39.7 Å². The van der Waals surface area contributed by atoms with Crippen LogP contribution < -0.4 is 19.5 Å². The van der Waals surface area contributed by atoms with Crippen molar-refractivity contribution in [2.24, 2.45) is 5.14 Å². The van der Waals surface area contributed by atoms with Crippen LogP contribution in [0.15, 0.2) is 47.5 Å². The van der Waals surface area contributed by atoms with Gasteiger partial charge in [-0.2, -0.15) is 0 Å². The number of sulfonamides is 1. The summed E-state index contributed by atoms with van der Waals surface area (Å²) in [7, 11) is -1.88. The van der Waals surface area contributed by atoms with Gasteiger partial charge in [-0.05, 0) is 24.3 Å². The Bertz CT molecular complexity index is 793. The normalized spacial score (nSPS) is 16.9. The Morgan fingerprint density at radius 3 is 2.65 bits per heavy atom. The number of ether oxygens (including phenoxy) is 2. The SMILES string of the molecule is CN(C[C@H]1COc2ccccc2O1)c1ccc(S(N)(=O)=O)cn1. The molecular weight excluding hydrogens is 318 g/mol. The lowest BCUT2D eigenvalue weighted by molar-refractivity contribution is 0.0959. The summed E-state index contributed by atoms with van der Waals surface area (Å²) in [6.45, 7) is 0.993. The Morgan fingerprint density at radius 1 is 1.26 bits per heavy atom. The fraction of sp³-hybridized carbons (Fsp3) is 0.267. The van der Waals surface area contributed by atoms with Gasteiger partial charge in [-0.1, -0.05) is 12.1 Å².